The normalized spacial score (nSPS) is 16.4. The van der Waals surface area contributed by atoms with E-state index < -0.39 is 9.84 Å². The Morgan fingerprint density at radius 1 is 1.10 bits per heavy atom. The predicted molar refractivity (Wildman–Crippen MR) is 120 cm³/mol. The van der Waals surface area contributed by atoms with Gasteiger partial charge in [0.2, 0.25) is 0 Å². The summed E-state index contributed by atoms with van der Waals surface area (Å²) in [5.74, 6) is 0.361. The molecule has 1 aliphatic rings. The van der Waals surface area contributed by atoms with E-state index >= 15 is 0 Å². The van der Waals surface area contributed by atoms with E-state index in [2.05, 4.69) is 5.32 Å². The lowest BCUT2D eigenvalue weighted by atomic mass is 9.97. The summed E-state index contributed by atoms with van der Waals surface area (Å²) in [4.78, 5) is 12.5. The lowest BCUT2D eigenvalue weighted by molar-refractivity contribution is -0.123. The average Bonchev–Trinajstić information content (AvgIpc) is 3.29. The van der Waals surface area contributed by atoms with Crippen molar-refractivity contribution in [2.24, 2.45) is 0 Å². The number of ether oxygens (including phenoxy) is 2. The number of amides is 1. The van der Waals surface area contributed by atoms with E-state index in [1.54, 1.807) is 24.3 Å². The van der Waals surface area contributed by atoms with Gasteiger partial charge in [-0.15, -0.1) is 0 Å². The molecular formula is C24H25NO5S. The van der Waals surface area contributed by atoms with Gasteiger partial charge in [-0.1, -0.05) is 42.5 Å². The van der Waals surface area contributed by atoms with Crippen LogP contribution < -0.4 is 10.1 Å². The molecule has 0 aromatic heterocycles. The molecule has 4 rings (SSSR count). The molecule has 3 aromatic carbocycles. The van der Waals surface area contributed by atoms with E-state index in [-0.39, 0.29) is 23.5 Å². The fraction of sp³-hybridized carbons (Fsp3) is 0.292. The largest absolute Gasteiger partial charge is 0.483 e. The summed E-state index contributed by atoms with van der Waals surface area (Å²) < 4.78 is 35.1. The molecule has 0 aliphatic carbocycles. The average molecular weight is 440 g/mol. The molecule has 0 radical (unpaired) electrons. The van der Waals surface area contributed by atoms with Crippen LogP contribution >= 0.6 is 0 Å². The highest BCUT2D eigenvalue weighted by atomic mass is 32.2. The first-order valence-corrected chi connectivity index (χ1v) is 12.1. The van der Waals surface area contributed by atoms with Gasteiger partial charge in [0.1, 0.15) is 5.75 Å². The van der Waals surface area contributed by atoms with Crippen LogP contribution in [-0.4, -0.2) is 46.4 Å². The van der Waals surface area contributed by atoms with Gasteiger partial charge in [-0.05, 0) is 47.4 Å². The van der Waals surface area contributed by atoms with Crippen molar-refractivity contribution in [3.8, 4) is 16.9 Å². The summed E-state index contributed by atoms with van der Waals surface area (Å²) in [5.41, 5.74) is 1.64. The minimum absolute atomic E-state index is 0.0774. The van der Waals surface area contributed by atoms with Gasteiger partial charge in [-0.3, -0.25) is 4.79 Å². The second-order valence-electron chi connectivity index (χ2n) is 7.68. The Morgan fingerprint density at radius 3 is 2.58 bits per heavy atom. The lowest BCUT2D eigenvalue weighted by Crippen LogP contribution is -2.35. The van der Waals surface area contributed by atoms with Crippen molar-refractivity contribution in [3.05, 3.63) is 60.7 Å². The minimum Gasteiger partial charge on any atom is -0.483 e. The van der Waals surface area contributed by atoms with Crippen LogP contribution in [0.25, 0.3) is 21.9 Å². The zero-order chi connectivity index (χ0) is 21.8. The van der Waals surface area contributed by atoms with Crippen LogP contribution in [0, 0.1) is 0 Å². The monoisotopic (exact) mass is 439 g/mol. The Labute approximate surface area is 182 Å². The van der Waals surface area contributed by atoms with E-state index in [4.69, 9.17) is 9.47 Å². The van der Waals surface area contributed by atoms with Gasteiger partial charge in [-0.25, -0.2) is 8.42 Å². The molecule has 1 unspecified atom stereocenters. The summed E-state index contributed by atoms with van der Waals surface area (Å²) in [6.45, 7) is 1.12. The summed E-state index contributed by atoms with van der Waals surface area (Å²) in [7, 11) is -3.28. The van der Waals surface area contributed by atoms with Crippen molar-refractivity contribution < 1.29 is 22.7 Å². The highest BCUT2D eigenvalue weighted by Crippen LogP contribution is 2.37. The Balaban J connectivity index is 1.59. The summed E-state index contributed by atoms with van der Waals surface area (Å²) in [5, 5.41) is 4.85. The first-order chi connectivity index (χ1) is 14.9. The van der Waals surface area contributed by atoms with Crippen molar-refractivity contribution >= 4 is 26.5 Å². The van der Waals surface area contributed by atoms with Gasteiger partial charge >= 0.3 is 0 Å². The molecule has 0 spiro atoms. The number of nitrogens with one attached hydrogen (secondary N) is 1. The molecule has 1 atom stereocenters. The fourth-order valence-electron chi connectivity index (χ4n) is 3.77. The second-order valence-corrected chi connectivity index (χ2v) is 9.70. The highest BCUT2D eigenvalue weighted by molar-refractivity contribution is 7.90. The van der Waals surface area contributed by atoms with E-state index in [0.29, 0.717) is 12.3 Å². The van der Waals surface area contributed by atoms with Gasteiger partial charge in [0.05, 0.1) is 11.0 Å². The summed E-state index contributed by atoms with van der Waals surface area (Å²) in [6.07, 6.45) is 3.24. The topological polar surface area (TPSA) is 81.7 Å². The number of carbonyl (C=O) groups is 1. The van der Waals surface area contributed by atoms with Crippen molar-refractivity contribution in [1.82, 2.24) is 5.32 Å². The quantitative estimate of drug-likeness (QED) is 0.609. The first-order valence-electron chi connectivity index (χ1n) is 10.3. The number of hydrogen-bond acceptors (Lipinski definition) is 5. The van der Waals surface area contributed by atoms with E-state index in [1.807, 2.05) is 36.4 Å². The molecule has 1 amide bonds. The number of hydrogen-bond donors (Lipinski definition) is 1. The van der Waals surface area contributed by atoms with Gasteiger partial charge in [0.25, 0.3) is 5.91 Å². The molecule has 1 N–H and O–H groups in total. The smallest absolute Gasteiger partial charge is 0.258 e. The van der Waals surface area contributed by atoms with Crippen molar-refractivity contribution in [3.63, 3.8) is 0 Å². The van der Waals surface area contributed by atoms with Crippen molar-refractivity contribution in [2.45, 2.75) is 23.8 Å². The SMILES string of the molecule is CS(=O)(=O)c1ccc(-c2c(OCC(=O)NCC3CCCO3)ccc3ccccc23)cc1. The van der Waals surface area contributed by atoms with Crippen LogP contribution in [0.2, 0.25) is 0 Å². The van der Waals surface area contributed by atoms with E-state index in [1.165, 1.54) is 6.26 Å². The second kappa shape index (κ2) is 9.08. The molecule has 7 heteroatoms. The Hall–Kier alpha value is -2.90. The van der Waals surface area contributed by atoms with Crippen LogP contribution in [0.3, 0.4) is 0 Å². The molecule has 6 nitrogen and oxygen atoms in total. The zero-order valence-electron chi connectivity index (χ0n) is 17.3. The van der Waals surface area contributed by atoms with E-state index in [0.717, 1.165) is 41.3 Å². The molecule has 0 saturated carbocycles. The van der Waals surface area contributed by atoms with Gasteiger partial charge in [-0.2, -0.15) is 0 Å². The zero-order valence-corrected chi connectivity index (χ0v) is 18.2. The van der Waals surface area contributed by atoms with Gasteiger partial charge in [0, 0.05) is 25.0 Å². The molecule has 1 aliphatic heterocycles. The molecule has 31 heavy (non-hydrogen) atoms. The lowest BCUT2D eigenvalue weighted by Gasteiger charge is -2.16. The van der Waals surface area contributed by atoms with Crippen molar-refractivity contribution in [2.75, 3.05) is 26.0 Å². The molecule has 1 saturated heterocycles. The van der Waals surface area contributed by atoms with Crippen LogP contribution in [-0.2, 0) is 19.4 Å². The molecule has 1 heterocycles. The van der Waals surface area contributed by atoms with Crippen LogP contribution in [0.4, 0.5) is 0 Å². The fourth-order valence-corrected chi connectivity index (χ4v) is 4.40. The van der Waals surface area contributed by atoms with Crippen LogP contribution in [0.15, 0.2) is 65.6 Å². The molecule has 3 aromatic rings. The van der Waals surface area contributed by atoms with Gasteiger partial charge < -0.3 is 14.8 Å². The molecule has 162 valence electrons. The highest BCUT2D eigenvalue weighted by Gasteiger charge is 2.17. The van der Waals surface area contributed by atoms with Crippen molar-refractivity contribution in [1.29, 1.82) is 0 Å². The molecule has 1 fully saturated rings. The number of benzene rings is 3. The minimum atomic E-state index is -3.28. The third-order valence-corrected chi connectivity index (χ3v) is 6.50. The number of rotatable bonds is 7. The maximum Gasteiger partial charge on any atom is 0.258 e. The first kappa shape index (κ1) is 21.3. The van der Waals surface area contributed by atoms with Crippen LogP contribution in [0.5, 0.6) is 5.75 Å². The predicted octanol–water partition coefficient (Wildman–Crippen LogP) is 3.58. The standard InChI is InChI=1S/C24H25NO5S/c1-31(27,28)20-11-8-18(9-12-20)24-21-7-3-2-5-17(21)10-13-22(24)30-16-23(26)25-15-19-6-4-14-29-19/h2-3,5,7-13,19H,4,6,14-16H2,1H3,(H,25,26). The molecular weight excluding hydrogens is 414 g/mol. The third-order valence-electron chi connectivity index (χ3n) is 5.37. The summed E-state index contributed by atoms with van der Waals surface area (Å²) >= 11 is 0. The Bertz CT molecular complexity index is 1180. The number of fused-ring (bicyclic) bond motifs is 1. The molecule has 0 bridgehead atoms. The Morgan fingerprint density at radius 2 is 1.87 bits per heavy atom. The maximum atomic E-state index is 12.3. The maximum absolute atomic E-state index is 12.3. The number of carbonyl (C=O) groups excluding carboxylic acids is 1. The van der Waals surface area contributed by atoms with Gasteiger partial charge in [0.15, 0.2) is 16.4 Å². The summed E-state index contributed by atoms with van der Waals surface area (Å²) in [6, 6.07) is 18.4. The third kappa shape index (κ3) is 5.06. The number of sulfone groups is 1. The Kier molecular flexibility index (Phi) is 6.25. The van der Waals surface area contributed by atoms with Crippen LogP contribution in [0.1, 0.15) is 12.8 Å². The van der Waals surface area contributed by atoms with E-state index in [9.17, 15) is 13.2 Å².